The number of aliphatic hydroxyl groups is 1. The topological polar surface area (TPSA) is 87.0 Å². The zero-order valence-electron chi connectivity index (χ0n) is 13.6. The molecule has 0 radical (unpaired) electrons. The quantitative estimate of drug-likeness (QED) is 0.884. The molecule has 0 bridgehead atoms. The van der Waals surface area contributed by atoms with E-state index in [2.05, 4.69) is 15.2 Å². The van der Waals surface area contributed by atoms with Gasteiger partial charge in [-0.3, -0.25) is 9.89 Å². The van der Waals surface area contributed by atoms with E-state index in [9.17, 15) is 9.90 Å². The number of hydrogen-bond donors (Lipinski definition) is 2. The highest BCUT2D eigenvalue weighted by molar-refractivity contribution is 5.79. The molecule has 2 aromatic heterocycles. The number of nitrogens with zero attached hydrogens (tertiary/aromatic N) is 4. The monoisotopic (exact) mass is 317 g/mol. The van der Waals surface area contributed by atoms with E-state index < -0.39 is 6.10 Å². The maximum absolute atomic E-state index is 12.6. The lowest BCUT2D eigenvalue weighted by molar-refractivity contribution is -0.130. The smallest absolute Gasteiger partial charge is 0.227 e. The first kappa shape index (κ1) is 15.7. The summed E-state index contributed by atoms with van der Waals surface area (Å²) in [6, 6.07) is -0.0207. The van der Waals surface area contributed by atoms with Gasteiger partial charge in [-0.15, -0.1) is 0 Å². The number of rotatable bonds is 3. The number of aryl methyl sites for hydroxylation is 2. The number of aromatic nitrogens is 4. The van der Waals surface area contributed by atoms with Crippen LogP contribution in [0.1, 0.15) is 35.8 Å². The van der Waals surface area contributed by atoms with Crippen LogP contribution in [0.25, 0.3) is 0 Å². The molecule has 2 N–H and O–H groups in total. The fourth-order valence-corrected chi connectivity index (χ4v) is 3.23. The Morgan fingerprint density at radius 2 is 2.17 bits per heavy atom. The maximum atomic E-state index is 12.6. The lowest BCUT2D eigenvalue weighted by atomic mass is 10.1. The molecule has 7 heteroatoms. The molecule has 2 atom stereocenters. The number of likely N-dealkylation sites (tertiary alicyclic amines) is 1. The minimum absolute atomic E-state index is 0.0207. The third kappa shape index (κ3) is 3.29. The third-order valence-corrected chi connectivity index (χ3v) is 4.70. The second-order valence-corrected chi connectivity index (χ2v) is 6.19. The first-order chi connectivity index (χ1) is 11.1. The molecule has 0 spiro atoms. The molecule has 0 saturated carbocycles. The van der Waals surface area contributed by atoms with Crippen molar-refractivity contribution in [2.24, 2.45) is 0 Å². The van der Waals surface area contributed by atoms with E-state index in [4.69, 9.17) is 0 Å². The van der Waals surface area contributed by atoms with Gasteiger partial charge >= 0.3 is 0 Å². The van der Waals surface area contributed by atoms with Crippen molar-refractivity contribution in [2.75, 3.05) is 13.1 Å². The highest BCUT2D eigenvalue weighted by Crippen LogP contribution is 2.23. The number of carbonyl (C=O) groups excluding carboxylic acids is 1. The van der Waals surface area contributed by atoms with E-state index in [1.807, 2.05) is 29.5 Å². The number of hydrogen-bond acceptors (Lipinski definition) is 4. The molecule has 23 heavy (non-hydrogen) atoms. The molecule has 1 saturated heterocycles. The lowest BCUT2D eigenvalue weighted by Gasteiger charge is -2.21. The van der Waals surface area contributed by atoms with Crippen molar-refractivity contribution < 1.29 is 9.90 Å². The van der Waals surface area contributed by atoms with Crippen LogP contribution in [0, 0.1) is 13.8 Å². The van der Waals surface area contributed by atoms with Crippen LogP contribution in [-0.4, -0.2) is 54.9 Å². The molecule has 1 amide bonds. The van der Waals surface area contributed by atoms with Gasteiger partial charge in [-0.25, -0.2) is 4.98 Å². The van der Waals surface area contributed by atoms with Crippen molar-refractivity contribution in [3.63, 3.8) is 0 Å². The van der Waals surface area contributed by atoms with Crippen LogP contribution >= 0.6 is 0 Å². The summed E-state index contributed by atoms with van der Waals surface area (Å²) in [4.78, 5) is 18.5. The van der Waals surface area contributed by atoms with Crippen LogP contribution in [0.4, 0.5) is 0 Å². The van der Waals surface area contributed by atoms with Gasteiger partial charge in [0.15, 0.2) is 0 Å². The zero-order valence-corrected chi connectivity index (χ0v) is 13.6. The molecule has 7 nitrogen and oxygen atoms in total. The third-order valence-electron chi connectivity index (χ3n) is 4.70. The number of imidazole rings is 1. The molecule has 2 aromatic rings. The van der Waals surface area contributed by atoms with E-state index in [0.29, 0.717) is 25.9 Å². The van der Waals surface area contributed by atoms with Crippen LogP contribution in [0.2, 0.25) is 0 Å². The van der Waals surface area contributed by atoms with Gasteiger partial charge in [-0.2, -0.15) is 5.10 Å². The van der Waals surface area contributed by atoms with Crippen molar-refractivity contribution in [2.45, 2.75) is 45.3 Å². The van der Waals surface area contributed by atoms with Gasteiger partial charge in [0, 0.05) is 36.7 Å². The van der Waals surface area contributed by atoms with Crippen molar-refractivity contribution in [1.29, 1.82) is 0 Å². The number of H-pyrrole nitrogens is 1. The minimum Gasteiger partial charge on any atom is -0.391 e. The first-order valence-electron chi connectivity index (χ1n) is 8.00. The van der Waals surface area contributed by atoms with E-state index in [1.54, 1.807) is 12.5 Å². The average molecular weight is 317 g/mol. The van der Waals surface area contributed by atoms with Crippen LogP contribution in [0.5, 0.6) is 0 Å². The Labute approximate surface area is 135 Å². The van der Waals surface area contributed by atoms with Crippen molar-refractivity contribution in [3.05, 3.63) is 35.7 Å². The number of carbonyl (C=O) groups is 1. The van der Waals surface area contributed by atoms with E-state index in [-0.39, 0.29) is 11.9 Å². The van der Waals surface area contributed by atoms with Gasteiger partial charge in [-0.05, 0) is 26.7 Å². The maximum Gasteiger partial charge on any atom is 0.227 e. The summed E-state index contributed by atoms with van der Waals surface area (Å²) in [6.45, 7) is 5.08. The average Bonchev–Trinajstić information content (AvgIpc) is 3.11. The molecule has 124 valence electrons. The predicted molar refractivity (Wildman–Crippen MR) is 84.9 cm³/mol. The van der Waals surface area contributed by atoms with E-state index >= 15 is 0 Å². The number of aliphatic hydroxyl groups excluding tert-OH is 1. The Bertz CT molecular complexity index is 645. The van der Waals surface area contributed by atoms with Gasteiger partial charge in [0.05, 0.1) is 30.6 Å². The molecule has 3 rings (SSSR count). The standard InChI is InChI=1S/C16H23N5O2/c1-11-13(12(2)19-18-11)9-16(23)20-6-3-14(15(22)4-7-20)21-8-5-17-10-21/h5,8,10,14-15,22H,3-4,6-7,9H2,1-2H3,(H,18,19)/t14-,15-/m0/s1. The summed E-state index contributed by atoms with van der Waals surface area (Å²) in [5.74, 6) is 0.0936. The second-order valence-electron chi connectivity index (χ2n) is 6.19. The molecule has 0 aliphatic carbocycles. The van der Waals surface area contributed by atoms with Crippen LogP contribution in [0.15, 0.2) is 18.7 Å². The summed E-state index contributed by atoms with van der Waals surface area (Å²) in [7, 11) is 0. The zero-order chi connectivity index (χ0) is 16.4. The Hall–Kier alpha value is -2.15. The van der Waals surface area contributed by atoms with Crippen molar-refractivity contribution >= 4 is 5.91 Å². The Morgan fingerprint density at radius 3 is 2.83 bits per heavy atom. The minimum atomic E-state index is -0.459. The fourth-order valence-electron chi connectivity index (χ4n) is 3.23. The first-order valence-corrected chi connectivity index (χ1v) is 8.00. The van der Waals surface area contributed by atoms with E-state index in [1.165, 1.54) is 0 Å². The SMILES string of the molecule is Cc1n[nH]c(C)c1CC(=O)N1CC[C@H](O)[C@@H](n2ccnc2)CC1. The van der Waals surface area contributed by atoms with Crippen LogP contribution in [-0.2, 0) is 11.2 Å². The highest BCUT2D eigenvalue weighted by atomic mass is 16.3. The molecule has 0 unspecified atom stereocenters. The molecule has 1 fully saturated rings. The van der Waals surface area contributed by atoms with E-state index in [0.717, 1.165) is 23.4 Å². The van der Waals surface area contributed by atoms with Crippen LogP contribution < -0.4 is 0 Å². The van der Waals surface area contributed by atoms with Gasteiger partial charge in [-0.1, -0.05) is 0 Å². The molecular formula is C16H23N5O2. The lowest BCUT2D eigenvalue weighted by Crippen LogP contribution is -2.33. The Kier molecular flexibility index (Phi) is 4.47. The van der Waals surface area contributed by atoms with Crippen molar-refractivity contribution in [3.8, 4) is 0 Å². The molecule has 0 aromatic carbocycles. The molecule has 1 aliphatic heterocycles. The summed E-state index contributed by atoms with van der Waals surface area (Å²) in [5, 5.41) is 17.4. The van der Waals surface area contributed by atoms with Crippen molar-refractivity contribution in [1.82, 2.24) is 24.6 Å². The molecular weight excluding hydrogens is 294 g/mol. The molecule has 3 heterocycles. The number of nitrogens with one attached hydrogen (secondary N) is 1. The predicted octanol–water partition coefficient (Wildman–Crippen LogP) is 0.990. The van der Waals surface area contributed by atoms with Gasteiger partial charge in [0.2, 0.25) is 5.91 Å². The second kappa shape index (κ2) is 6.54. The largest absolute Gasteiger partial charge is 0.391 e. The summed E-state index contributed by atoms with van der Waals surface area (Å²) in [5.41, 5.74) is 2.80. The summed E-state index contributed by atoms with van der Waals surface area (Å²) >= 11 is 0. The van der Waals surface area contributed by atoms with Crippen LogP contribution in [0.3, 0.4) is 0 Å². The fraction of sp³-hybridized carbons (Fsp3) is 0.562. The number of aromatic amines is 1. The van der Waals surface area contributed by atoms with Gasteiger partial charge < -0.3 is 14.6 Å². The highest BCUT2D eigenvalue weighted by Gasteiger charge is 2.28. The summed E-state index contributed by atoms with van der Waals surface area (Å²) in [6.07, 6.45) is 6.52. The Balaban J connectivity index is 1.66. The van der Waals surface area contributed by atoms with Gasteiger partial charge in [0.25, 0.3) is 0 Å². The number of amides is 1. The normalized spacial score (nSPS) is 22.1. The Morgan fingerprint density at radius 1 is 1.39 bits per heavy atom. The molecule has 1 aliphatic rings. The van der Waals surface area contributed by atoms with Gasteiger partial charge in [0.1, 0.15) is 0 Å². The summed E-state index contributed by atoms with van der Waals surface area (Å²) < 4.78 is 1.93.